The lowest BCUT2D eigenvalue weighted by molar-refractivity contribution is 0.116. The summed E-state index contributed by atoms with van der Waals surface area (Å²) in [4.78, 5) is 10.1. The second kappa shape index (κ2) is 6.66. The van der Waals surface area contributed by atoms with Gasteiger partial charge in [-0.2, -0.15) is 0 Å². The Kier molecular flexibility index (Phi) is 4.90. The molecule has 0 atom stereocenters. The molecule has 0 radical (unpaired) electrons. The number of aromatic nitrogens is 2. The number of hydrogen-bond donors (Lipinski definition) is 1. The van der Waals surface area contributed by atoms with Crippen molar-refractivity contribution in [1.29, 1.82) is 0 Å². The first-order chi connectivity index (χ1) is 8.85. The molecular weight excluding hydrogens is 246 g/mol. The van der Waals surface area contributed by atoms with Gasteiger partial charge in [-0.25, -0.2) is 9.97 Å². The molecule has 2 rings (SSSR count). The van der Waals surface area contributed by atoms with E-state index in [9.17, 15) is 0 Å². The fourth-order valence-electron chi connectivity index (χ4n) is 1.65. The van der Waals surface area contributed by atoms with Crippen LogP contribution in [0.2, 0.25) is 0 Å². The van der Waals surface area contributed by atoms with Crippen LogP contribution in [0.5, 0.6) is 0 Å². The van der Waals surface area contributed by atoms with Gasteiger partial charge in [0.2, 0.25) is 0 Å². The van der Waals surface area contributed by atoms with Gasteiger partial charge in [0.25, 0.3) is 0 Å². The molecule has 0 saturated heterocycles. The summed E-state index contributed by atoms with van der Waals surface area (Å²) < 4.78 is 5.51. The molecule has 0 bridgehead atoms. The van der Waals surface area contributed by atoms with Gasteiger partial charge in [-0.3, -0.25) is 0 Å². The molecule has 0 aliphatic carbocycles. The van der Waals surface area contributed by atoms with Crippen molar-refractivity contribution < 1.29 is 4.74 Å². The van der Waals surface area contributed by atoms with Gasteiger partial charge in [-0.1, -0.05) is 13.8 Å². The summed E-state index contributed by atoms with van der Waals surface area (Å²) in [5.74, 6) is 1.69. The van der Waals surface area contributed by atoms with Crippen LogP contribution in [0.25, 0.3) is 10.2 Å². The number of rotatable bonds is 7. The van der Waals surface area contributed by atoms with E-state index in [1.165, 1.54) is 0 Å². The molecule has 2 heterocycles. The van der Waals surface area contributed by atoms with E-state index in [4.69, 9.17) is 4.74 Å². The average Bonchev–Trinajstić information content (AvgIpc) is 2.84. The summed E-state index contributed by atoms with van der Waals surface area (Å²) in [5, 5.41) is 6.51. The highest BCUT2D eigenvalue weighted by molar-refractivity contribution is 7.16. The quantitative estimate of drug-likeness (QED) is 0.779. The maximum Gasteiger partial charge on any atom is 0.158 e. The lowest BCUT2D eigenvalue weighted by Crippen LogP contribution is -2.06. The fraction of sp³-hybridized carbons (Fsp3) is 0.538. The van der Waals surface area contributed by atoms with Crippen molar-refractivity contribution >= 4 is 27.4 Å². The molecule has 2 aromatic heterocycles. The zero-order chi connectivity index (χ0) is 12.8. The van der Waals surface area contributed by atoms with Gasteiger partial charge < -0.3 is 10.1 Å². The highest BCUT2D eigenvalue weighted by Gasteiger charge is 2.08. The first-order valence-electron chi connectivity index (χ1n) is 6.40. The van der Waals surface area contributed by atoms with Gasteiger partial charge >= 0.3 is 0 Å². The maximum atomic E-state index is 5.51. The minimum atomic E-state index is 0.489. The van der Waals surface area contributed by atoms with Crippen LogP contribution < -0.4 is 5.32 Å². The molecule has 0 aliphatic heterocycles. The lowest BCUT2D eigenvalue weighted by atomic mass is 10.3. The van der Waals surface area contributed by atoms with Crippen molar-refractivity contribution in [2.45, 2.75) is 33.3 Å². The minimum Gasteiger partial charge on any atom is -0.373 e. The standard InChI is InChI=1S/C13H19N3OS/c1-3-6-14-12-10-5-8-18-13(10)16-11(15-12)9-17-7-4-2/h5,8H,3-4,6-7,9H2,1-2H3,(H,14,15,16). The molecule has 0 aromatic carbocycles. The number of anilines is 1. The van der Waals surface area contributed by atoms with Crippen molar-refractivity contribution in [2.75, 3.05) is 18.5 Å². The zero-order valence-electron chi connectivity index (χ0n) is 10.9. The van der Waals surface area contributed by atoms with Crippen LogP contribution in [-0.4, -0.2) is 23.1 Å². The SMILES string of the molecule is CCCNc1nc(COCCC)nc2sccc12. The highest BCUT2D eigenvalue weighted by Crippen LogP contribution is 2.25. The van der Waals surface area contributed by atoms with E-state index in [0.29, 0.717) is 6.61 Å². The van der Waals surface area contributed by atoms with Crippen molar-refractivity contribution in [3.05, 3.63) is 17.3 Å². The van der Waals surface area contributed by atoms with Crippen molar-refractivity contribution in [3.8, 4) is 0 Å². The Balaban J connectivity index is 2.20. The Bertz CT molecular complexity index is 498. The number of nitrogens with zero attached hydrogens (tertiary/aromatic N) is 2. The summed E-state index contributed by atoms with van der Waals surface area (Å²) in [6.45, 7) is 6.41. The molecule has 0 amide bonds. The van der Waals surface area contributed by atoms with Crippen LogP contribution in [0.15, 0.2) is 11.4 Å². The summed E-state index contributed by atoms with van der Waals surface area (Å²) in [7, 11) is 0. The monoisotopic (exact) mass is 265 g/mol. The molecule has 5 heteroatoms. The topological polar surface area (TPSA) is 47.0 Å². The Morgan fingerprint density at radius 2 is 2.17 bits per heavy atom. The third-order valence-corrected chi connectivity index (χ3v) is 3.30. The molecule has 0 aliphatic rings. The van der Waals surface area contributed by atoms with Crippen LogP contribution >= 0.6 is 11.3 Å². The summed E-state index contributed by atoms with van der Waals surface area (Å²) in [5.41, 5.74) is 0. The van der Waals surface area contributed by atoms with Crippen molar-refractivity contribution in [1.82, 2.24) is 9.97 Å². The molecular formula is C13H19N3OS. The molecule has 0 saturated carbocycles. The predicted molar refractivity (Wildman–Crippen MR) is 76.1 cm³/mol. The molecule has 2 aromatic rings. The molecule has 18 heavy (non-hydrogen) atoms. The smallest absolute Gasteiger partial charge is 0.158 e. The van der Waals surface area contributed by atoms with Gasteiger partial charge in [-0.05, 0) is 24.3 Å². The average molecular weight is 265 g/mol. The molecule has 1 N–H and O–H groups in total. The van der Waals surface area contributed by atoms with Crippen LogP contribution in [0.3, 0.4) is 0 Å². The van der Waals surface area contributed by atoms with E-state index in [1.54, 1.807) is 11.3 Å². The van der Waals surface area contributed by atoms with E-state index in [0.717, 1.165) is 47.9 Å². The van der Waals surface area contributed by atoms with E-state index < -0.39 is 0 Å². The summed E-state index contributed by atoms with van der Waals surface area (Å²) >= 11 is 1.64. The fourth-order valence-corrected chi connectivity index (χ4v) is 2.43. The number of thiophene rings is 1. The molecule has 0 spiro atoms. The normalized spacial score (nSPS) is 11.0. The first-order valence-corrected chi connectivity index (χ1v) is 7.28. The van der Waals surface area contributed by atoms with Crippen LogP contribution in [0, 0.1) is 0 Å². The summed E-state index contributed by atoms with van der Waals surface area (Å²) in [6, 6.07) is 2.06. The largest absolute Gasteiger partial charge is 0.373 e. The van der Waals surface area contributed by atoms with Crippen LogP contribution in [-0.2, 0) is 11.3 Å². The Labute approximate surface area is 111 Å². The second-order valence-corrected chi connectivity index (χ2v) is 5.00. The third kappa shape index (κ3) is 3.17. The van der Waals surface area contributed by atoms with E-state index >= 15 is 0 Å². The second-order valence-electron chi connectivity index (χ2n) is 4.11. The summed E-state index contributed by atoms with van der Waals surface area (Å²) in [6.07, 6.45) is 2.10. The number of ether oxygens (including phenoxy) is 1. The molecule has 0 fully saturated rings. The maximum absolute atomic E-state index is 5.51. The number of hydrogen-bond acceptors (Lipinski definition) is 5. The zero-order valence-corrected chi connectivity index (χ0v) is 11.7. The van der Waals surface area contributed by atoms with Crippen molar-refractivity contribution in [3.63, 3.8) is 0 Å². The van der Waals surface area contributed by atoms with Gasteiger partial charge in [-0.15, -0.1) is 11.3 Å². The number of fused-ring (bicyclic) bond motifs is 1. The van der Waals surface area contributed by atoms with E-state index in [1.807, 2.05) is 5.38 Å². The molecule has 4 nitrogen and oxygen atoms in total. The molecule has 98 valence electrons. The Morgan fingerprint density at radius 1 is 1.28 bits per heavy atom. The lowest BCUT2D eigenvalue weighted by Gasteiger charge is -2.08. The third-order valence-electron chi connectivity index (χ3n) is 2.49. The van der Waals surface area contributed by atoms with Gasteiger partial charge in [0.1, 0.15) is 17.3 Å². The van der Waals surface area contributed by atoms with Gasteiger partial charge in [0, 0.05) is 13.2 Å². The minimum absolute atomic E-state index is 0.489. The Hall–Kier alpha value is -1.20. The number of nitrogens with one attached hydrogen (secondary N) is 1. The first kappa shape index (κ1) is 13.2. The van der Waals surface area contributed by atoms with Crippen LogP contribution in [0.4, 0.5) is 5.82 Å². The van der Waals surface area contributed by atoms with Gasteiger partial charge in [0.05, 0.1) is 5.39 Å². The van der Waals surface area contributed by atoms with Crippen LogP contribution in [0.1, 0.15) is 32.5 Å². The van der Waals surface area contributed by atoms with Crippen molar-refractivity contribution in [2.24, 2.45) is 0 Å². The Morgan fingerprint density at radius 3 is 2.94 bits per heavy atom. The van der Waals surface area contributed by atoms with E-state index in [2.05, 4.69) is 35.2 Å². The predicted octanol–water partition coefficient (Wildman–Crippen LogP) is 3.44. The van der Waals surface area contributed by atoms with E-state index in [-0.39, 0.29) is 0 Å². The molecule has 0 unspecified atom stereocenters. The van der Waals surface area contributed by atoms with Gasteiger partial charge in [0.15, 0.2) is 5.82 Å². The highest BCUT2D eigenvalue weighted by atomic mass is 32.1.